The van der Waals surface area contributed by atoms with Crippen molar-refractivity contribution < 1.29 is 62.2 Å². The second-order valence-corrected chi connectivity index (χ2v) is 23.6. The Labute approximate surface area is 498 Å². The second-order valence-electron chi connectivity index (χ2n) is 22.3. The Bertz CT molecular complexity index is 2760. The lowest BCUT2D eigenvalue weighted by Crippen LogP contribution is -2.60. The molecule has 6 rings (SSSR count). The zero-order valence-corrected chi connectivity index (χ0v) is 49.9. The van der Waals surface area contributed by atoms with Crippen molar-refractivity contribution in [1.82, 2.24) is 73.1 Å². The highest BCUT2D eigenvalue weighted by atomic mass is 32.2. The number of aromatic amines is 1. The highest BCUT2D eigenvalue weighted by Gasteiger charge is 2.42. The summed E-state index contributed by atoms with van der Waals surface area (Å²) in [5.74, 6) is -5.59. The van der Waals surface area contributed by atoms with Gasteiger partial charge in [0.15, 0.2) is 0 Å². The molecule has 11 amide bonds. The SMILES string of the molecule is CC(C)C[C@H]1NC(=O)[C@@H](Cc2c[nH]c3ccccc23)NC(=O)[C@@H](C)NC(=O)[C@@H](C(C)C)NC(=O)C(NC(=O)COCCOCCOCCNC(=O)CCCCC2SC[C@H]3NC(=O)N[C@@H]23)Cc2cn(nn2)CCCC[C@@H](C(N)=O)NC(=O)CNC1=O. The number of aryl methyl sites for hydroxylation is 1. The lowest BCUT2D eigenvalue weighted by atomic mass is 10.0. The Hall–Kier alpha value is -7.37. The lowest BCUT2D eigenvalue weighted by molar-refractivity contribution is -0.136. The van der Waals surface area contributed by atoms with Crippen LogP contribution in [0.5, 0.6) is 0 Å². The van der Waals surface area contributed by atoms with Gasteiger partial charge in [-0.3, -0.25) is 47.8 Å². The molecule has 2 fully saturated rings. The van der Waals surface area contributed by atoms with Crippen molar-refractivity contribution in [3.63, 3.8) is 0 Å². The number of amides is 11. The van der Waals surface area contributed by atoms with Crippen molar-refractivity contribution in [2.45, 2.75) is 159 Å². The van der Waals surface area contributed by atoms with Crippen molar-refractivity contribution in [2.75, 3.05) is 58.5 Å². The smallest absolute Gasteiger partial charge is 0.315 e. The molecule has 5 heterocycles. The van der Waals surface area contributed by atoms with Crippen molar-refractivity contribution in [3.8, 4) is 0 Å². The number of fused-ring (bicyclic) bond motifs is 4. The van der Waals surface area contributed by atoms with Gasteiger partial charge in [0.25, 0.3) is 0 Å². The molecular weight excluding hydrogens is 1120 g/mol. The number of para-hydroxylation sites is 1. The normalized spacial score (nSPS) is 24.2. The van der Waals surface area contributed by atoms with Gasteiger partial charge in [0.05, 0.1) is 57.4 Å². The number of benzene rings is 1. The first-order chi connectivity index (χ1) is 40.7. The summed E-state index contributed by atoms with van der Waals surface area (Å²) in [5, 5.41) is 37.0. The van der Waals surface area contributed by atoms with Crippen LogP contribution in [-0.4, -0.2) is 191 Å². The molecule has 3 aliphatic heterocycles. The number of rotatable bonds is 23. The molecule has 1 aromatic carbocycles. The molecule has 468 valence electrons. The zero-order chi connectivity index (χ0) is 61.4. The molecule has 29 heteroatoms. The molecule has 3 aromatic rings. The number of unbranched alkanes of at least 4 members (excludes halogenated alkanes) is 1. The van der Waals surface area contributed by atoms with E-state index in [9.17, 15) is 47.9 Å². The minimum Gasteiger partial charge on any atom is -0.377 e. The maximum absolute atomic E-state index is 14.3. The molecule has 0 saturated carbocycles. The number of thioether (sulfide) groups is 1. The van der Waals surface area contributed by atoms with Gasteiger partial charge in [-0.1, -0.05) is 57.5 Å². The number of carbonyl (C=O) groups is 10. The number of hydrogen-bond donors (Lipinski definition) is 12. The number of nitrogens with zero attached hydrogens (tertiary/aromatic N) is 3. The van der Waals surface area contributed by atoms with Gasteiger partial charge in [-0.2, -0.15) is 11.8 Å². The van der Waals surface area contributed by atoms with E-state index in [1.807, 2.05) is 49.9 Å². The summed E-state index contributed by atoms with van der Waals surface area (Å²) < 4.78 is 18.2. The van der Waals surface area contributed by atoms with E-state index in [0.29, 0.717) is 55.5 Å². The van der Waals surface area contributed by atoms with E-state index in [1.165, 1.54) is 11.6 Å². The Morgan fingerprint density at radius 1 is 0.800 bits per heavy atom. The van der Waals surface area contributed by atoms with Gasteiger partial charge in [0, 0.05) is 66.7 Å². The minimum atomic E-state index is -1.30. The summed E-state index contributed by atoms with van der Waals surface area (Å²) in [6.07, 6.45) is 7.25. The molecule has 28 nitrogen and oxygen atoms in total. The zero-order valence-electron chi connectivity index (χ0n) is 49.1. The van der Waals surface area contributed by atoms with Crippen LogP contribution in [0.15, 0.2) is 36.7 Å². The van der Waals surface area contributed by atoms with Gasteiger partial charge in [0.2, 0.25) is 53.2 Å². The number of aromatic nitrogens is 4. The molecule has 9 atom stereocenters. The Morgan fingerprint density at radius 3 is 2.29 bits per heavy atom. The minimum absolute atomic E-state index is 0.0265. The van der Waals surface area contributed by atoms with Crippen LogP contribution >= 0.6 is 11.8 Å². The summed E-state index contributed by atoms with van der Waals surface area (Å²) in [5.41, 5.74) is 7.42. The molecule has 2 unspecified atom stereocenters. The Balaban J connectivity index is 1.03. The third-order valence-corrected chi connectivity index (χ3v) is 16.1. The molecule has 0 aliphatic carbocycles. The van der Waals surface area contributed by atoms with Crippen LogP contribution in [0.25, 0.3) is 10.9 Å². The van der Waals surface area contributed by atoms with E-state index in [4.69, 9.17) is 19.9 Å². The van der Waals surface area contributed by atoms with E-state index in [1.54, 1.807) is 26.2 Å². The first-order valence-corrected chi connectivity index (χ1v) is 30.3. The number of nitrogens with one attached hydrogen (secondary N) is 11. The lowest BCUT2D eigenvalue weighted by Gasteiger charge is -2.27. The predicted octanol–water partition coefficient (Wildman–Crippen LogP) is -1.15. The summed E-state index contributed by atoms with van der Waals surface area (Å²) in [6.45, 7) is 9.08. The third kappa shape index (κ3) is 21.9. The third-order valence-electron chi connectivity index (χ3n) is 14.6. The largest absolute Gasteiger partial charge is 0.377 e. The number of carbonyl (C=O) groups excluding carboxylic acids is 10. The maximum Gasteiger partial charge on any atom is 0.315 e. The van der Waals surface area contributed by atoms with Crippen molar-refractivity contribution in [1.29, 1.82) is 0 Å². The fourth-order valence-corrected chi connectivity index (χ4v) is 11.6. The molecule has 2 bridgehead atoms. The number of primary amides is 1. The maximum atomic E-state index is 14.3. The van der Waals surface area contributed by atoms with Gasteiger partial charge in [-0.05, 0) is 68.9 Å². The van der Waals surface area contributed by atoms with E-state index in [0.717, 1.165) is 35.9 Å². The van der Waals surface area contributed by atoms with Crippen LogP contribution in [-0.2, 0) is 76.7 Å². The first-order valence-electron chi connectivity index (χ1n) is 29.2. The predicted molar refractivity (Wildman–Crippen MR) is 313 cm³/mol. The van der Waals surface area contributed by atoms with E-state index in [2.05, 4.69) is 68.5 Å². The molecule has 3 aliphatic rings. The van der Waals surface area contributed by atoms with E-state index < -0.39 is 103 Å². The fourth-order valence-electron chi connectivity index (χ4n) is 10.0. The van der Waals surface area contributed by atoms with Gasteiger partial charge >= 0.3 is 6.03 Å². The molecule has 2 aromatic heterocycles. The van der Waals surface area contributed by atoms with Crippen LogP contribution in [0.4, 0.5) is 4.79 Å². The van der Waals surface area contributed by atoms with Crippen molar-refractivity contribution in [3.05, 3.63) is 47.9 Å². The summed E-state index contributed by atoms with van der Waals surface area (Å²) in [4.78, 5) is 136. The van der Waals surface area contributed by atoms with Crippen LogP contribution in [0, 0.1) is 11.8 Å². The van der Waals surface area contributed by atoms with Crippen molar-refractivity contribution >= 4 is 81.9 Å². The topological polar surface area (TPSA) is 391 Å². The standard InChI is InChI=1S/C56H85N15O13S/c1-32(2)24-40-52(77)60-28-46(73)62-39(50(57)75)14-10-11-18-71-29-36(69-70-71)26-42(63-47(74)30-84-23-22-83-21-20-82-19-17-58-45(72)16-9-8-15-44-49-43(31-85-44)66-56(81)68-49)54(79)67-48(33(3)4)55(80)61-34(5)51(76)64-41(53(78)65-40)25-35-27-59-38-13-7-6-12-37(35)38/h6-7,12-13,27,29,32-34,39-44,48-49,59H,8-11,14-26,28,30-31H2,1-5H3,(H2,57,75)(H,58,72)(H,60,77)(H,61,80)(H,62,73)(H,63,74)(H,64,76)(H,65,78)(H,67,79)(H2,66,68,81)/t34-,39+,40-,41-,42?,43-,44?,48-,49-/m1/s1. The average molecular weight is 1210 g/mol. The monoisotopic (exact) mass is 1210 g/mol. The van der Waals surface area contributed by atoms with E-state index in [-0.39, 0.29) is 82.1 Å². The first kappa shape index (κ1) is 66.8. The summed E-state index contributed by atoms with van der Waals surface area (Å²) >= 11 is 1.85. The van der Waals surface area contributed by atoms with Crippen LogP contribution in [0.2, 0.25) is 0 Å². The van der Waals surface area contributed by atoms with Crippen LogP contribution in [0.3, 0.4) is 0 Å². The quantitative estimate of drug-likeness (QED) is 0.0394. The van der Waals surface area contributed by atoms with E-state index >= 15 is 0 Å². The highest BCUT2D eigenvalue weighted by molar-refractivity contribution is 8.00. The summed E-state index contributed by atoms with van der Waals surface area (Å²) in [6, 6.07) is 0.290. The number of hydrogen-bond acceptors (Lipinski definition) is 16. The molecule has 0 spiro atoms. The second kappa shape index (κ2) is 33.9. The van der Waals surface area contributed by atoms with Crippen LogP contribution in [0.1, 0.15) is 97.2 Å². The molecule has 2 saturated heterocycles. The average Bonchev–Trinajstić information content (AvgIpc) is 3.88. The number of urea groups is 1. The van der Waals surface area contributed by atoms with Crippen molar-refractivity contribution in [2.24, 2.45) is 17.6 Å². The number of ether oxygens (including phenoxy) is 3. The molecule has 0 radical (unpaired) electrons. The highest BCUT2D eigenvalue weighted by Crippen LogP contribution is 2.33. The van der Waals surface area contributed by atoms with Gasteiger partial charge < -0.3 is 78.1 Å². The van der Waals surface area contributed by atoms with Gasteiger partial charge in [0.1, 0.15) is 42.9 Å². The number of nitrogens with two attached hydrogens (primary N) is 1. The Morgan fingerprint density at radius 2 is 1.54 bits per heavy atom. The fraction of sp³-hybridized carbons (Fsp3) is 0.643. The molecule has 13 N–H and O–H groups in total. The number of H-pyrrole nitrogens is 1. The van der Waals surface area contributed by atoms with Gasteiger partial charge in [-0.15, -0.1) is 5.10 Å². The van der Waals surface area contributed by atoms with Gasteiger partial charge in [-0.25, -0.2) is 4.79 Å². The molecular formula is C56H85N15O13S. The summed E-state index contributed by atoms with van der Waals surface area (Å²) in [7, 11) is 0. The Kier molecular flexibility index (Phi) is 26.7. The van der Waals surface area contributed by atoms with Crippen LogP contribution < -0.4 is 58.9 Å². The molecule has 85 heavy (non-hydrogen) atoms.